The molecule has 0 atom stereocenters. The van der Waals surface area contributed by atoms with Crippen LogP contribution in [0.1, 0.15) is 52.7 Å². The number of nitrogens with one attached hydrogen (secondary N) is 3. The fourth-order valence-electron chi connectivity index (χ4n) is 1.45. The van der Waals surface area contributed by atoms with Crippen molar-refractivity contribution >= 4 is 11.7 Å². The fraction of sp³-hybridized carbons (Fsp3) is 0.692. The van der Waals surface area contributed by atoms with Gasteiger partial charge in [0.25, 0.3) is 0 Å². The van der Waals surface area contributed by atoms with E-state index in [0.717, 1.165) is 5.69 Å². The predicted molar refractivity (Wildman–Crippen MR) is 73.7 cm³/mol. The van der Waals surface area contributed by atoms with Gasteiger partial charge in [0.1, 0.15) is 0 Å². The molecule has 3 N–H and O–H groups in total. The number of anilines is 1. The van der Waals surface area contributed by atoms with Crippen LogP contribution in [0, 0.1) is 0 Å². The number of rotatable bonds is 5. The van der Waals surface area contributed by atoms with Gasteiger partial charge in [-0.2, -0.15) is 5.10 Å². The van der Waals surface area contributed by atoms with E-state index in [0.29, 0.717) is 24.7 Å². The number of nitrogens with zero attached hydrogens (tertiary/aromatic N) is 1. The molecule has 1 aromatic heterocycles. The van der Waals surface area contributed by atoms with Crippen molar-refractivity contribution in [3.63, 3.8) is 0 Å². The molecule has 5 nitrogen and oxygen atoms in total. The minimum atomic E-state index is -0.0199. The maximum atomic E-state index is 11.7. The lowest BCUT2D eigenvalue weighted by atomic mass is 10.1. The topological polar surface area (TPSA) is 69.8 Å². The molecule has 1 aromatic rings. The van der Waals surface area contributed by atoms with Gasteiger partial charge < -0.3 is 10.6 Å². The summed E-state index contributed by atoms with van der Waals surface area (Å²) in [7, 11) is 0. The van der Waals surface area contributed by atoms with Crippen LogP contribution in [-0.4, -0.2) is 28.2 Å². The fourth-order valence-corrected chi connectivity index (χ4v) is 1.45. The highest BCUT2D eigenvalue weighted by molar-refractivity contribution is 5.89. The van der Waals surface area contributed by atoms with Crippen molar-refractivity contribution in [3.05, 3.63) is 11.8 Å². The van der Waals surface area contributed by atoms with Crippen molar-refractivity contribution in [2.24, 2.45) is 0 Å². The first kappa shape index (κ1) is 14.7. The lowest BCUT2D eigenvalue weighted by molar-refractivity contribution is -0.116. The van der Waals surface area contributed by atoms with Crippen molar-refractivity contribution in [3.8, 4) is 0 Å². The average molecular weight is 252 g/mol. The molecule has 0 aromatic carbocycles. The summed E-state index contributed by atoms with van der Waals surface area (Å²) in [5.41, 5.74) is 1.07. The smallest absolute Gasteiger partial charge is 0.226 e. The molecule has 5 heteroatoms. The van der Waals surface area contributed by atoms with E-state index >= 15 is 0 Å². The van der Waals surface area contributed by atoms with Gasteiger partial charge in [0.2, 0.25) is 5.91 Å². The number of aromatic nitrogens is 2. The summed E-state index contributed by atoms with van der Waals surface area (Å²) in [6.45, 7) is 11.0. The molecule has 0 aliphatic heterocycles. The summed E-state index contributed by atoms with van der Waals surface area (Å²) in [6.07, 6.45) is 0.446. The molecule has 0 spiro atoms. The standard InChI is InChI=1S/C13H24N4O/c1-9(2)10-8-11(17-16-10)15-12(18)6-7-14-13(3,4)5/h8-9,14H,6-7H2,1-5H3,(H2,15,16,17,18). The molecule has 18 heavy (non-hydrogen) atoms. The van der Waals surface area contributed by atoms with Gasteiger partial charge in [-0.25, -0.2) is 0 Å². The average Bonchev–Trinajstić information content (AvgIpc) is 2.64. The number of amides is 1. The first-order chi connectivity index (χ1) is 8.28. The van der Waals surface area contributed by atoms with Crippen molar-refractivity contribution in [2.45, 2.75) is 52.5 Å². The zero-order chi connectivity index (χ0) is 13.8. The largest absolute Gasteiger partial charge is 0.312 e. The molecular formula is C13H24N4O. The third-order valence-corrected chi connectivity index (χ3v) is 2.49. The van der Waals surface area contributed by atoms with Gasteiger partial charge in [0, 0.05) is 30.3 Å². The van der Waals surface area contributed by atoms with Crippen LogP contribution in [-0.2, 0) is 4.79 Å². The van der Waals surface area contributed by atoms with E-state index in [4.69, 9.17) is 0 Å². The number of carbonyl (C=O) groups excluding carboxylic acids is 1. The molecule has 1 heterocycles. The maximum Gasteiger partial charge on any atom is 0.226 e. The normalized spacial score (nSPS) is 11.9. The van der Waals surface area contributed by atoms with Crippen LogP contribution in [0.15, 0.2) is 6.07 Å². The SMILES string of the molecule is CC(C)c1cc(NC(=O)CCNC(C)(C)C)n[nH]1. The Balaban J connectivity index is 2.35. The summed E-state index contributed by atoms with van der Waals surface area (Å²) in [6, 6.07) is 1.87. The van der Waals surface area contributed by atoms with Gasteiger partial charge in [-0.05, 0) is 26.7 Å². The highest BCUT2D eigenvalue weighted by atomic mass is 16.1. The monoisotopic (exact) mass is 252 g/mol. The van der Waals surface area contributed by atoms with Gasteiger partial charge in [-0.15, -0.1) is 0 Å². The second-order valence-corrected chi connectivity index (χ2v) is 5.84. The van der Waals surface area contributed by atoms with E-state index in [9.17, 15) is 4.79 Å². The summed E-state index contributed by atoms with van der Waals surface area (Å²) in [4.78, 5) is 11.7. The molecule has 0 aliphatic rings. The van der Waals surface area contributed by atoms with Crippen molar-refractivity contribution < 1.29 is 4.79 Å². The highest BCUT2D eigenvalue weighted by Gasteiger charge is 2.11. The van der Waals surface area contributed by atoms with E-state index in [1.807, 2.05) is 6.07 Å². The minimum absolute atomic E-state index is 0.0199. The molecule has 102 valence electrons. The van der Waals surface area contributed by atoms with E-state index in [1.165, 1.54) is 0 Å². The predicted octanol–water partition coefficient (Wildman–Crippen LogP) is 2.25. The van der Waals surface area contributed by atoms with Crippen molar-refractivity contribution in [2.75, 3.05) is 11.9 Å². The number of H-pyrrole nitrogens is 1. The molecule has 0 saturated heterocycles. The third kappa shape index (κ3) is 5.31. The minimum Gasteiger partial charge on any atom is -0.312 e. The Morgan fingerprint density at radius 1 is 1.44 bits per heavy atom. The van der Waals surface area contributed by atoms with Crippen LogP contribution in [0.5, 0.6) is 0 Å². The Morgan fingerprint density at radius 3 is 2.61 bits per heavy atom. The van der Waals surface area contributed by atoms with Crippen molar-refractivity contribution in [1.29, 1.82) is 0 Å². The van der Waals surface area contributed by atoms with Crippen LogP contribution >= 0.6 is 0 Å². The molecule has 0 saturated carbocycles. The van der Waals surface area contributed by atoms with E-state index < -0.39 is 0 Å². The molecule has 1 amide bonds. The lowest BCUT2D eigenvalue weighted by Gasteiger charge is -2.19. The number of hydrogen-bond acceptors (Lipinski definition) is 3. The second kappa shape index (κ2) is 6.00. The van der Waals surface area contributed by atoms with Crippen LogP contribution in [0.25, 0.3) is 0 Å². The van der Waals surface area contributed by atoms with Gasteiger partial charge in [0.05, 0.1) is 0 Å². The summed E-state index contributed by atoms with van der Waals surface area (Å²) in [5, 5.41) is 13.0. The van der Waals surface area contributed by atoms with E-state index in [2.05, 4.69) is 55.4 Å². The van der Waals surface area contributed by atoms with E-state index in [1.54, 1.807) is 0 Å². The summed E-state index contributed by atoms with van der Waals surface area (Å²) >= 11 is 0. The van der Waals surface area contributed by atoms with Gasteiger partial charge in [-0.1, -0.05) is 13.8 Å². The van der Waals surface area contributed by atoms with Crippen LogP contribution in [0.4, 0.5) is 5.82 Å². The maximum absolute atomic E-state index is 11.7. The second-order valence-electron chi connectivity index (χ2n) is 5.84. The molecule has 0 fully saturated rings. The van der Waals surface area contributed by atoms with Gasteiger partial charge >= 0.3 is 0 Å². The van der Waals surface area contributed by atoms with Gasteiger partial charge in [0.15, 0.2) is 5.82 Å². The number of carbonyl (C=O) groups is 1. The number of aromatic amines is 1. The van der Waals surface area contributed by atoms with Crippen LogP contribution < -0.4 is 10.6 Å². The van der Waals surface area contributed by atoms with Crippen molar-refractivity contribution in [1.82, 2.24) is 15.5 Å². The molecular weight excluding hydrogens is 228 g/mol. The number of hydrogen-bond donors (Lipinski definition) is 3. The summed E-state index contributed by atoms with van der Waals surface area (Å²) < 4.78 is 0. The summed E-state index contributed by atoms with van der Waals surface area (Å²) in [5.74, 6) is 0.957. The lowest BCUT2D eigenvalue weighted by Crippen LogP contribution is -2.37. The highest BCUT2D eigenvalue weighted by Crippen LogP contribution is 2.14. The van der Waals surface area contributed by atoms with E-state index in [-0.39, 0.29) is 11.4 Å². The molecule has 0 aliphatic carbocycles. The molecule has 0 bridgehead atoms. The first-order valence-electron chi connectivity index (χ1n) is 6.38. The van der Waals surface area contributed by atoms with Gasteiger partial charge in [-0.3, -0.25) is 9.89 Å². The van der Waals surface area contributed by atoms with Crippen LogP contribution in [0.2, 0.25) is 0 Å². The Bertz CT molecular complexity index is 390. The quantitative estimate of drug-likeness (QED) is 0.752. The third-order valence-electron chi connectivity index (χ3n) is 2.49. The Morgan fingerprint density at radius 2 is 2.11 bits per heavy atom. The zero-order valence-corrected chi connectivity index (χ0v) is 11.9. The zero-order valence-electron chi connectivity index (χ0n) is 11.9. The molecule has 0 radical (unpaired) electrons. The Labute approximate surface area is 109 Å². The molecule has 0 unspecified atom stereocenters. The Hall–Kier alpha value is -1.36. The molecule has 1 rings (SSSR count). The Kier molecular flexibility index (Phi) is 4.90. The van der Waals surface area contributed by atoms with Crippen LogP contribution in [0.3, 0.4) is 0 Å². The first-order valence-corrected chi connectivity index (χ1v) is 6.38.